The Kier molecular flexibility index (Phi) is 3.22. The molecule has 0 amide bonds. The Bertz CT molecular complexity index is 525. The monoisotopic (exact) mass is 231 g/mol. The number of nitrogens with two attached hydrogens (primary N) is 1. The van der Waals surface area contributed by atoms with Crippen molar-refractivity contribution in [2.24, 2.45) is 5.73 Å². The summed E-state index contributed by atoms with van der Waals surface area (Å²) in [5, 5.41) is 1.30. The Morgan fingerprint density at radius 2 is 2.00 bits per heavy atom. The van der Waals surface area contributed by atoms with Gasteiger partial charge >= 0.3 is 0 Å². The quantitative estimate of drug-likeness (QED) is 0.851. The molecule has 0 fully saturated rings. The number of rotatable bonds is 3. The van der Waals surface area contributed by atoms with E-state index in [9.17, 15) is 0 Å². The van der Waals surface area contributed by atoms with Crippen LogP contribution in [0, 0.1) is 13.8 Å². The van der Waals surface area contributed by atoms with Crippen LogP contribution in [0.1, 0.15) is 22.7 Å². The lowest BCUT2D eigenvalue weighted by Crippen LogP contribution is -2.26. The highest BCUT2D eigenvalue weighted by molar-refractivity contribution is 5.87. The Morgan fingerprint density at radius 3 is 2.59 bits per heavy atom. The Morgan fingerprint density at radius 1 is 1.29 bits per heavy atom. The average Bonchev–Trinajstić information content (AvgIpc) is 2.63. The summed E-state index contributed by atoms with van der Waals surface area (Å²) in [7, 11) is 4.14. The molecule has 2 aromatic rings. The highest BCUT2D eigenvalue weighted by atomic mass is 15.1. The molecule has 0 aliphatic rings. The van der Waals surface area contributed by atoms with E-state index in [1.165, 1.54) is 27.6 Å². The van der Waals surface area contributed by atoms with Crippen LogP contribution in [0.4, 0.5) is 0 Å². The largest absolute Gasteiger partial charge is 0.361 e. The highest BCUT2D eigenvalue weighted by Crippen LogP contribution is 2.29. The lowest BCUT2D eigenvalue weighted by molar-refractivity contribution is 0.308. The van der Waals surface area contributed by atoms with Gasteiger partial charge in [0.1, 0.15) is 0 Å². The Labute approximate surface area is 103 Å². The number of hydrogen-bond acceptors (Lipinski definition) is 2. The standard InChI is InChI=1S/C14H21N3/c1-9-5-10(2)14-11(6-9)12(8-16-14)13(7-15)17(3)4/h5-6,8,13,16H,7,15H2,1-4H3. The zero-order valence-electron chi connectivity index (χ0n) is 11.0. The molecule has 0 spiro atoms. The molecule has 0 aliphatic carbocycles. The number of H-pyrrole nitrogens is 1. The molecule has 17 heavy (non-hydrogen) atoms. The molecule has 2 rings (SSSR count). The molecule has 1 atom stereocenters. The number of benzene rings is 1. The molecule has 92 valence electrons. The van der Waals surface area contributed by atoms with Crippen LogP contribution < -0.4 is 5.73 Å². The lowest BCUT2D eigenvalue weighted by atomic mass is 10.0. The van der Waals surface area contributed by atoms with Crippen LogP contribution in [0.3, 0.4) is 0 Å². The molecule has 1 heterocycles. The molecular formula is C14H21N3. The third-order valence-corrected chi connectivity index (χ3v) is 3.37. The van der Waals surface area contributed by atoms with E-state index >= 15 is 0 Å². The van der Waals surface area contributed by atoms with E-state index in [-0.39, 0.29) is 6.04 Å². The van der Waals surface area contributed by atoms with Crippen molar-refractivity contribution in [1.82, 2.24) is 9.88 Å². The first-order valence-electron chi connectivity index (χ1n) is 5.99. The highest BCUT2D eigenvalue weighted by Gasteiger charge is 2.17. The van der Waals surface area contributed by atoms with Crippen molar-refractivity contribution < 1.29 is 0 Å². The van der Waals surface area contributed by atoms with E-state index < -0.39 is 0 Å². The van der Waals surface area contributed by atoms with Crippen LogP contribution in [-0.2, 0) is 0 Å². The first-order chi connectivity index (χ1) is 8.04. The average molecular weight is 231 g/mol. The number of hydrogen-bond donors (Lipinski definition) is 2. The fraction of sp³-hybridized carbons (Fsp3) is 0.429. The summed E-state index contributed by atoms with van der Waals surface area (Å²) in [6.45, 7) is 4.91. The molecule has 0 saturated heterocycles. The van der Waals surface area contributed by atoms with Crippen LogP contribution in [0.25, 0.3) is 10.9 Å². The van der Waals surface area contributed by atoms with Gasteiger partial charge in [-0.3, -0.25) is 0 Å². The summed E-state index contributed by atoms with van der Waals surface area (Å²) >= 11 is 0. The summed E-state index contributed by atoms with van der Waals surface area (Å²) in [5.74, 6) is 0. The smallest absolute Gasteiger partial charge is 0.0487 e. The lowest BCUT2D eigenvalue weighted by Gasteiger charge is -2.22. The normalized spacial score (nSPS) is 13.5. The van der Waals surface area contributed by atoms with Crippen LogP contribution >= 0.6 is 0 Å². The number of fused-ring (bicyclic) bond motifs is 1. The van der Waals surface area contributed by atoms with Crippen LogP contribution in [-0.4, -0.2) is 30.5 Å². The Balaban J connectivity index is 2.63. The molecular weight excluding hydrogens is 210 g/mol. The summed E-state index contributed by atoms with van der Waals surface area (Å²) in [6, 6.07) is 4.71. The van der Waals surface area contributed by atoms with E-state index in [0.717, 1.165) is 0 Å². The van der Waals surface area contributed by atoms with Gasteiger partial charge in [-0.15, -0.1) is 0 Å². The van der Waals surface area contributed by atoms with Gasteiger partial charge in [0.25, 0.3) is 0 Å². The fourth-order valence-electron chi connectivity index (χ4n) is 2.51. The van der Waals surface area contributed by atoms with Gasteiger partial charge in [-0.05, 0) is 45.1 Å². The molecule has 3 N–H and O–H groups in total. The zero-order chi connectivity index (χ0) is 12.6. The van der Waals surface area contributed by atoms with Gasteiger partial charge in [-0.25, -0.2) is 0 Å². The van der Waals surface area contributed by atoms with Crippen molar-refractivity contribution in [2.45, 2.75) is 19.9 Å². The first-order valence-corrected chi connectivity index (χ1v) is 5.99. The number of nitrogens with one attached hydrogen (secondary N) is 1. The van der Waals surface area contributed by atoms with Crippen molar-refractivity contribution in [1.29, 1.82) is 0 Å². The van der Waals surface area contributed by atoms with Gasteiger partial charge in [0.15, 0.2) is 0 Å². The second-order valence-electron chi connectivity index (χ2n) is 4.96. The molecule has 3 heteroatoms. The Hall–Kier alpha value is -1.32. The molecule has 1 unspecified atom stereocenters. The second-order valence-corrected chi connectivity index (χ2v) is 4.96. The predicted molar refractivity (Wildman–Crippen MR) is 73.3 cm³/mol. The zero-order valence-corrected chi connectivity index (χ0v) is 11.0. The number of nitrogens with zero attached hydrogens (tertiary/aromatic N) is 1. The van der Waals surface area contributed by atoms with Crippen molar-refractivity contribution in [3.05, 3.63) is 35.0 Å². The minimum absolute atomic E-state index is 0.268. The summed E-state index contributed by atoms with van der Waals surface area (Å²) in [6.07, 6.45) is 2.09. The van der Waals surface area contributed by atoms with E-state index in [1.54, 1.807) is 0 Å². The third kappa shape index (κ3) is 2.08. The maximum Gasteiger partial charge on any atom is 0.0487 e. The minimum Gasteiger partial charge on any atom is -0.361 e. The number of aryl methyl sites for hydroxylation is 2. The van der Waals surface area contributed by atoms with Gasteiger partial charge < -0.3 is 15.6 Å². The van der Waals surface area contributed by atoms with Crippen molar-refractivity contribution >= 4 is 10.9 Å². The molecule has 0 saturated carbocycles. The van der Waals surface area contributed by atoms with Crippen LogP contribution in [0.15, 0.2) is 18.3 Å². The summed E-state index contributed by atoms with van der Waals surface area (Å²) in [5.41, 5.74) is 11.0. The maximum absolute atomic E-state index is 5.88. The first kappa shape index (κ1) is 12.1. The van der Waals surface area contributed by atoms with Crippen molar-refractivity contribution in [3.63, 3.8) is 0 Å². The van der Waals surface area contributed by atoms with Gasteiger partial charge in [0.05, 0.1) is 0 Å². The minimum atomic E-state index is 0.268. The summed E-state index contributed by atoms with van der Waals surface area (Å²) in [4.78, 5) is 5.54. The van der Waals surface area contributed by atoms with Crippen LogP contribution in [0.2, 0.25) is 0 Å². The molecule has 1 aromatic heterocycles. The van der Waals surface area contributed by atoms with Crippen LogP contribution in [0.5, 0.6) is 0 Å². The van der Waals surface area contributed by atoms with E-state index in [1.807, 2.05) is 0 Å². The van der Waals surface area contributed by atoms with Crippen molar-refractivity contribution in [3.8, 4) is 0 Å². The maximum atomic E-state index is 5.88. The molecule has 0 radical (unpaired) electrons. The molecule has 0 bridgehead atoms. The van der Waals surface area contributed by atoms with Gasteiger partial charge in [-0.1, -0.05) is 11.6 Å². The van der Waals surface area contributed by atoms with E-state index in [4.69, 9.17) is 5.73 Å². The molecule has 3 nitrogen and oxygen atoms in total. The number of likely N-dealkylation sites (N-methyl/N-ethyl adjacent to an activating group) is 1. The van der Waals surface area contributed by atoms with Crippen molar-refractivity contribution in [2.75, 3.05) is 20.6 Å². The van der Waals surface area contributed by atoms with Gasteiger partial charge in [-0.2, -0.15) is 0 Å². The number of aromatic nitrogens is 1. The number of aromatic amines is 1. The predicted octanol–water partition coefficient (Wildman–Crippen LogP) is 2.35. The van der Waals surface area contributed by atoms with Gasteiger partial charge in [0.2, 0.25) is 0 Å². The SMILES string of the molecule is Cc1cc(C)c2[nH]cc(C(CN)N(C)C)c2c1. The second kappa shape index (κ2) is 4.51. The summed E-state index contributed by atoms with van der Waals surface area (Å²) < 4.78 is 0. The topological polar surface area (TPSA) is 45.1 Å². The fourth-order valence-corrected chi connectivity index (χ4v) is 2.51. The molecule has 0 aliphatic heterocycles. The van der Waals surface area contributed by atoms with Gasteiger partial charge in [0, 0.05) is 29.7 Å². The third-order valence-electron chi connectivity index (χ3n) is 3.37. The van der Waals surface area contributed by atoms with E-state index in [2.05, 4.69) is 56.2 Å². The van der Waals surface area contributed by atoms with E-state index in [0.29, 0.717) is 6.54 Å². The molecule has 1 aromatic carbocycles.